The van der Waals surface area contributed by atoms with Gasteiger partial charge in [-0.3, -0.25) is 4.79 Å². The maximum atomic E-state index is 11.5. The molecule has 0 aromatic rings. The van der Waals surface area contributed by atoms with Crippen LogP contribution in [0, 0.1) is 11.8 Å². The molecule has 1 saturated carbocycles. The summed E-state index contributed by atoms with van der Waals surface area (Å²) in [7, 11) is 0. The first-order valence-electron chi connectivity index (χ1n) is 5.03. The van der Waals surface area contributed by atoms with E-state index in [9.17, 15) is 4.79 Å². The van der Waals surface area contributed by atoms with Crippen LogP contribution in [0.3, 0.4) is 0 Å². The number of alkyl halides is 1. The molecular weight excluding hydrogens is 228 g/mol. The first-order valence-corrected chi connectivity index (χ1v) is 6.15. The van der Waals surface area contributed by atoms with Crippen molar-refractivity contribution in [3.8, 4) is 0 Å². The van der Waals surface area contributed by atoms with E-state index in [-0.39, 0.29) is 0 Å². The molecule has 1 rings (SSSR count). The number of carbonyl (C=O) groups is 1. The monoisotopic (exact) mass is 244 g/mol. The molecule has 0 saturated heterocycles. The molecule has 0 heterocycles. The topological polar surface area (TPSA) is 17.1 Å². The first-order chi connectivity index (χ1) is 6.29. The zero-order valence-corrected chi connectivity index (χ0v) is 9.72. The van der Waals surface area contributed by atoms with Crippen molar-refractivity contribution < 1.29 is 4.79 Å². The molecule has 0 aromatic carbocycles. The number of rotatable bonds is 4. The largest absolute Gasteiger partial charge is 0.299 e. The minimum Gasteiger partial charge on any atom is -0.299 e. The number of halogens is 1. The van der Waals surface area contributed by atoms with Gasteiger partial charge >= 0.3 is 0 Å². The lowest BCUT2D eigenvalue weighted by Crippen LogP contribution is -2.14. The Labute approximate surface area is 88.7 Å². The van der Waals surface area contributed by atoms with E-state index in [1.54, 1.807) is 0 Å². The Bertz CT molecular complexity index is 198. The molecule has 2 atom stereocenters. The Morgan fingerprint density at radius 3 is 2.92 bits per heavy atom. The van der Waals surface area contributed by atoms with Crippen LogP contribution >= 0.6 is 15.9 Å². The van der Waals surface area contributed by atoms with Gasteiger partial charge in [0.2, 0.25) is 0 Å². The summed E-state index contributed by atoms with van der Waals surface area (Å²) in [6, 6.07) is 0. The van der Waals surface area contributed by atoms with Gasteiger partial charge in [-0.25, -0.2) is 0 Å². The van der Waals surface area contributed by atoms with Crippen molar-refractivity contribution >= 4 is 21.7 Å². The predicted molar refractivity (Wildman–Crippen MR) is 59.1 cm³/mol. The van der Waals surface area contributed by atoms with Crippen LogP contribution in [0.5, 0.6) is 0 Å². The summed E-state index contributed by atoms with van der Waals surface area (Å²) >= 11 is 3.48. The van der Waals surface area contributed by atoms with E-state index in [4.69, 9.17) is 0 Å². The lowest BCUT2D eigenvalue weighted by atomic mass is 9.94. The third kappa shape index (κ3) is 2.94. The number of carbonyl (C=O) groups excluding carboxylic acids is 1. The van der Waals surface area contributed by atoms with Crippen LogP contribution in [0.15, 0.2) is 12.2 Å². The Kier molecular flexibility index (Phi) is 4.71. The van der Waals surface area contributed by atoms with E-state index in [2.05, 4.69) is 35.0 Å². The molecule has 0 N–H and O–H groups in total. The van der Waals surface area contributed by atoms with Gasteiger partial charge in [0.1, 0.15) is 5.78 Å². The Hall–Kier alpha value is -0.110. The highest BCUT2D eigenvalue weighted by molar-refractivity contribution is 9.09. The smallest absolute Gasteiger partial charge is 0.136 e. The molecule has 2 unspecified atom stereocenters. The van der Waals surface area contributed by atoms with Crippen molar-refractivity contribution in [2.75, 3.05) is 5.33 Å². The maximum Gasteiger partial charge on any atom is 0.136 e. The van der Waals surface area contributed by atoms with Gasteiger partial charge in [-0.1, -0.05) is 35.0 Å². The standard InChI is InChI=1S/C11H17BrO/c1-2-3-4-5-10-9(8-12)6-7-11(10)13/h3-4,9-10H,2,5-8H2,1H3/b4-3-. The van der Waals surface area contributed by atoms with Gasteiger partial charge in [-0.05, 0) is 25.2 Å². The number of Topliss-reactive ketones (excluding diaryl/α,β-unsaturated/α-hetero) is 1. The molecule has 74 valence electrons. The van der Waals surface area contributed by atoms with E-state index >= 15 is 0 Å². The highest BCUT2D eigenvalue weighted by Crippen LogP contribution is 2.32. The quantitative estimate of drug-likeness (QED) is 0.548. The molecule has 0 aliphatic heterocycles. The van der Waals surface area contributed by atoms with Gasteiger partial charge in [0.15, 0.2) is 0 Å². The van der Waals surface area contributed by atoms with E-state index in [1.165, 1.54) is 0 Å². The molecule has 0 radical (unpaired) electrons. The van der Waals surface area contributed by atoms with Gasteiger partial charge in [0.05, 0.1) is 0 Å². The summed E-state index contributed by atoms with van der Waals surface area (Å²) in [6.45, 7) is 2.12. The molecule has 13 heavy (non-hydrogen) atoms. The van der Waals surface area contributed by atoms with Gasteiger partial charge in [-0.15, -0.1) is 0 Å². The van der Waals surface area contributed by atoms with Crippen molar-refractivity contribution in [3.05, 3.63) is 12.2 Å². The predicted octanol–water partition coefficient (Wildman–Crippen LogP) is 3.33. The number of hydrogen-bond donors (Lipinski definition) is 0. The highest BCUT2D eigenvalue weighted by atomic mass is 79.9. The second kappa shape index (κ2) is 5.58. The summed E-state index contributed by atoms with van der Waals surface area (Å²) in [5, 5.41) is 0.976. The molecule has 0 bridgehead atoms. The van der Waals surface area contributed by atoms with Gasteiger partial charge < -0.3 is 0 Å². The minimum atomic E-state index is 0.294. The van der Waals surface area contributed by atoms with Crippen molar-refractivity contribution in [2.24, 2.45) is 11.8 Å². The molecule has 0 spiro atoms. The van der Waals surface area contributed by atoms with Crippen LogP contribution in [0.25, 0.3) is 0 Å². The van der Waals surface area contributed by atoms with E-state index < -0.39 is 0 Å². The summed E-state index contributed by atoms with van der Waals surface area (Å²) in [5.41, 5.74) is 0. The van der Waals surface area contributed by atoms with Crippen molar-refractivity contribution in [2.45, 2.75) is 32.6 Å². The third-order valence-corrected chi connectivity index (χ3v) is 3.57. The fourth-order valence-corrected chi connectivity index (χ4v) is 2.67. The van der Waals surface area contributed by atoms with Crippen molar-refractivity contribution in [1.29, 1.82) is 0 Å². The Balaban J connectivity index is 2.44. The molecule has 0 amide bonds. The molecule has 1 aliphatic carbocycles. The highest BCUT2D eigenvalue weighted by Gasteiger charge is 2.32. The first kappa shape index (κ1) is 11.0. The fourth-order valence-electron chi connectivity index (χ4n) is 1.90. The summed E-state index contributed by atoms with van der Waals surface area (Å²) in [4.78, 5) is 11.5. The fraction of sp³-hybridized carbons (Fsp3) is 0.727. The van der Waals surface area contributed by atoms with Crippen LogP contribution in [0.1, 0.15) is 32.6 Å². The Morgan fingerprint density at radius 2 is 2.31 bits per heavy atom. The van der Waals surface area contributed by atoms with E-state index in [0.29, 0.717) is 17.6 Å². The molecule has 0 aromatic heterocycles. The van der Waals surface area contributed by atoms with Gasteiger partial charge in [-0.2, -0.15) is 0 Å². The maximum absolute atomic E-state index is 11.5. The summed E-state index contributed by atoms with van der Waals surface area (Å²) < 4.78 is 0. The summed E-state index contributed by atoms with van der Waals surface area (Å²) in [6.07, 6.45) is 8.19. The van der Waals surface area contributed by atoms with E-state index in [1.807, 2.05) is 0 Å². The van der Waals surface area contributed by atoms with Crippen LogP contribution in [-0.4, -0.2) is 11.1 Å². The minimum absolute atomic E-state index is 0.294. The SMILES string of the molecule is CC/C=C\CC1C(=O)CCC1CBr. The molecule has 1 aliphatic rings. The average molecular weight is 245 g/mol. The second-order valence-electron chi connectivity index (χ2n) is 3.64. The van der Waals surface area contributed by atoms with Crippen LogP contribution in [-0.2, 0) is 4.79 Å². The zero-order chi connectivity index (χ0) is 9.68. The Morgan fingerprint density at radius 1 is 1.54 bits per heavy atom. The van der Waals surface area contributed by atoms with Crippen LogP contribution in [0.2, 0.25) is 0 Å². The molecule has 2 heteroatoms. The van der Waals surface area contributed by atoms with Crippen LogP contribution in [0.4, 0.5) is 0 Å². The lowest BCUT2D eigenvalue weighted by molar-refractivity contribution is -0.121. The second-order valence-corrected chi connectivity index (χ2v) is 4.29. The average Bonchev–Trinajstić information content (AvgIpc) is 2.48. The van der Waals surface area contributed by atoms with E-state index in [0.717, 1.165) is 31.0 Å². The summed E-state index contributed by atoms with van der Waals surface area (Å²) in [5.74, 6) is 1.33. The third-order valence-electron chi connectivity index (χ3n) is 2.73. The number of hydrogen-bond acceptors (Lipinski definition) is 1. The number of allylic oxidation sites excluding steroid dienone is 2. The molecular formula is C11H17BrO. The molecule has 1 nitrogen and oxygen atoms in total. The van der Waals surface area contributed by atoms with Crippen molar-refractivity contribution in [1.82, 2.24) is 0 Å². The van der Waals surface area contributed by atoms with Gasteiger partial charge in [0.25, 0.3) is 0 Å². The van der Waals surface area contributed by atoms with Crippen LogP contribution < -0.4 is 0 Å². The van der Waals surface area contributed by atoms with Gasteiger partial charge in [0, 0.05) is 17.7 Å². The normalized spacial score (nSPS) is 28.9. The lowest BCUT2D eigenvalue weighted by Gasteiger charge is -2.13. The molecule has 1 fully saturated rings. The zero-order valence-electron chi connectivity index (χ0n) is 8.13. The van der Waals surface area contributed by atoms with Crippen molar-refractivity contribution in [3.63, 3.8) is 0 Å². The number of ketones is 1.